The molecule has 0 fully saturated rings. The zero-order chi connectivity index (χ0) is 26.8. The number of hydrogen-bond donors (Lipinski definition) is 1. The molecule has 0 unspecified atom stereocenters. The van der Waals surface area contributed by atoms with Crippen LogP contribution < -0.4 is 10.4 Å². The third-order valence-electron chi connectivity index (χ3n) is 5.68. The summed E-state index contributed by atoms with van der Waals surface area (Å²) in [6, 6.07) is 21.2. The summed E-state index contributed by atoms with van der Waals surface area (Å²) in [5.74, 6) is -0.989. The fourth-order valence-electron chi connectivity index (χ4n) is 4.05. The number of carbonyl (C=O) groups is 1. The maximum absolute atomic E-state index is 10.3. The second kappa shape index (κ2) is 17.4. The van der Waals surface area contributed by atoms with Gasteiger partial charge in [-0.1, -0.05) is 81.4 Å². The van der Waals surface area contributed by atoms with Crippen LogP contribution in [0, 0.1) is 0 Å². The summed E-state index contributed by atoms with van der Waals surface area (Å²) in [7, 11) is -2.53. The van der Waals surface area contributed by atoms with E-state index < -0.39 is 14.3 Å². The molecule has 206 valence electrons. The second-order valence-corrected chi connectivity index (χ2v) is 13.7. The third-order valence-corrected chi connectivity index (χ3v) is 10.7. The highest BCUT2D eigenvalue weighted by Crippen LogP contribution is 2.36. The van der Waals surface area contributed by atoms with E-state index in [1.54, 1.807) is 0 Å². The van der Waals surface area contributed by atoms with Crippen molar-refractivity contribution in [1.29, 1.82) is 0 Å². The van der Waals surface area contributed by atoms with Crippen molar-refractivity contribution in [3.8, 4) is 0 Å². The molecule has 0 spiro atoms. The number of benzene rings is 2. The van der Waals surface area contributed by atoms with Gasteiger partial charge in [-0.05, 0) is 15.4 Å². The predicted octanol–water partition coefficient (Wildman–Crippen LogP) is 2.73. The van der Waals surface area contributed by atoms with Crippen LogP contribution in [0.3, 0.4) is 0 Å². The molecule has 1 N–H and O–H groups in total. The van der Waals surface area contributed by atoms with E-state index in [2.05, 4.69) is 69.3 Å². The van der Waals surface area contributed by atoms with E-state index in [1.165, 1.54) is 10.4 Å². The Morgan fingerprint density at radius 3 is 1.32 bits per heavy atom. The topological polar surface area (TPSA) is 92.7 Å². The van der Waals surface area contributed by atoms with Crippen molar-refractivity contribution in [2.75, 3.05) is 72.7 Å². The summed E-state index contributed by atoms with van der Waals surface area (Å²) < 4.78 is 33.7. The van der Waals surface area contributed by atoms with Gasteiger partial charge in [-0.3, -0.25) is 0 Å². The molecule has 0 heterocycles. The average molecular weight is 535 g/mol. The summed E-state index contributed by atoms with van der Waals surface area (Å²) in [5, 5.41) is 10.9. The first-order chi connectivity index (χ1) is 17.9. The van der Waals surface area contributed by atoms with E-state index >= 15 is 0 Å². The van der Waals surface area contributed by atoms with Crippen molar-refractivity contribution < 1.29 is 38.0 Å². The molecule has 0 bridgehead atoms. The van der Waals surface area contributed by atoms with E-state index in [0.29, 0.717) is 59.5 Å². The van der Waals surface area contributed by atoms with Crippen molar-refractivity contribution in [2.45, 2.75) is 25.8 Å². The van der Waals surface area contributed by atoms with Crippen molar-refractivity contribution >= 4 is 24.7 Å². The Kier molecular flexibility index (Phi) is 14.6. The predicted molar refractivity (Wildman–Crippen MR) is 145 cm³/mol. The molecule has 2 rings (SSSR count). The Morgan fingerprint density at radius 2 is 0.973 bits per heavy atom. The summed E-state index contributed by atoms with van der Waals surface area (Å²) in [6.45, 7) is 10.9. The van der Waals surface area contributed by atoms with Crippen LogP contribution in [-0.4, -0.2) is 92.1 Å². The fraction of sp³-hybridized carbons (Fsp3) is 0.536. The molecule has 0 atom stereocenters. The minimum Gasteiger partial charge on any atom is -0.480 e. The number of carboxylic acid groups (broad SMARTS) is 1. The van der Waals surface area contributed by atoms with Crippen LogP contribution in [0.25, 0.3) is 0 Å². The van der Waals surface area contributed by atoms with E-state index in [-0.39, 0.29) is 18.3 Å². The van der Waals surface area contributed by atoms with Crippen LogP contribution in [0.5, 0.6) is 0 Å². The maximum Gasteiger partial charge on any atom is 0.329 e. The monoisotopic (exact) mass is 534 g/mol. The first-order valence-electron chi connectivity index (χ1n) is 12.7. The SMILES string of the molecule is CC(C)(C)[Si](OCCOCCOCCOCCOCCOCC(=O)O)(c1ccccc1)c1ccccc1. The smallest absolute Gasteiger partial charge is 0.329 e. The quantitative estimate of drug-likeness (QED) is 0.205. The molecular weight excluding hydrogens is 492 g/mol. The Balaban J connectivity index is 1.62. The molecule has 37 heavy (non-hydrogen) atoms. The van der Waals surface area contributed by atoms with E-state index in [0.717, 1.165) is 0 Å². The van der Waals surface area contributed by atoms with Crippen LogP contribution in [-0.2, 0) is 32.9 Å². The van der Waals surface area contributed by atoms with Crippen molar-refractivity contribution in [1.82, 2.24) is 0 Å². The molecule has 2 aromatic rings. The number of rotatable bonds is 20. The number of hydrogen-bond acceptors (Lipinski definition) is 7. The van der Waals surface area contributed by atoms with Crippen LogP contribution in [0.15, 0.2) is 60.7 Å². The zero-order valence-corrected chi connectivity index (χ0v) is 23.4. The molecule has 0 aliphatic heterocycles. The molecule has 0 aromatic heterocycles. The summed E-state index contributed by atoms with van der Waals surface area (Å²) >= 11 is 0. The highest BCUT2D eigenvalue weighted by Gasteiger charge is 2.49. The first-order valence-corrected chi connectivity index (χ1v) is 14.6. The fourth-order valence-corrected chi connectivity index (χ4v) is 8.60. The maximum atomic E-state index is 10.3. The average Bonchev–Trinajstić information content (AvgIpc) is 2.88. The van der Waals surface area contributed by atoms with Gasteiger partial charge in [0.25, 0.3) is 8.32 Å². The largest absolute Gasteiger partial charge is 0.480 e. The van der Waals surface area contributed by atoms with Gasteiger partial charge in [-0.25, -0.2) is 4.79 Å². The molecule has 0 radical (unpaired) electrons. The lowest BCUT2D eigenvalue weighted by atomic mass is 10.2. The molecule has 0 amide bonds. The number of carboxylic acids is 1. The minimum absolute atomic E-state index is 0.0576. The lowest BCUT2D eigenvalue weighted by Gasteiger charge is -2.43. The molecule has 2 aromatic carbocycles. The van der Waals surface area contributed by atoms with E-state index in [1.807, 2.05) is 12.1 Å². The second-order valence-electron chi connectivity index (χ2n) is 9.41. The zero-order valence-electron chi connectivity index (χ0n) is 22.4. The molecule has 8 nitrogen and oxygen atoms in total. The van der Waals surface area contributed by atoms with Crippen molar-refractivity contribution in [3.05, 3.63) is 60.7 Å². The first kappa shape index (κ1) is 31.1. The van der Waals surface area contributed by atoms with Gasteiger partial charge in [0.1, 0.15) is 6.61 Å². The highest BCUT2D eigenvalue weighted by molar-refractivity contribution is 6.99. The van der Waals surface area contributed by atoms with E-state index in [4.69, 9.17) is 33.2 Å². The lowest BCUT2D eigenvalue weighted by molar-refractivity contribution is -0.142. The standard InChI is InChI=1S/C28H42O8Si/c1-28(2,3)37(25-10-6-4-7-11-25,26-12-8-5-9-13-26)36-23-22-34-19-18-32-15-14-31-16-17-33-20-21-35-24-27(29)30/h4-13H,14-24H2,1-3H3,(H,29,30). The van der Waals surface area contributed by atoms with Gasteiger partial charge in [0.15, 0.2) is 0 Å². The molecule has 0 aliphatic rings. The van der Waals surface area contributed by atoms with Gasteiger partial charge in [0.05, 0.1) is 66.1 Å². The number of ether oxygens (including phenoxy) is 5. The Labute approximate surface area is 221 Å². The summed E-state index contributed by atoms with van der Waals surface area (Å²) in [4.78, 5) is 10.3. The van der Waals surface area contributed by atoms with Gasteiger partial charge in [0, 0.05) is 0 Å². The van der Waals surface area contributed by atoms with Gasteiger partial charge < -0.3 is 33.2 Å². The van der Waals surface area contributed by atoms with Crippen LogP contribution >= 0.6 is 0 Å². The van der Waals surface area contributed by atoms with Gasteiger partial charge in [-0.15, -0.1) is 0 Å². The highest BCUT2D eigenvalue weighted by atomic mass is 28.4. The van der Waals surface area contributed by atoms with Crippen LogP contribution in [0.2, 0.25) is 5.04 Å². The summed E-state index contributed by atoms with van der Waals surface area (Å²) in [5.41, 5.74) is 0. The van der Waals surface area contributed by atoms with Crippen LogP contribution in [0.4, 0.5) is 0 Å². The van der Waals surface area contributed by atoms with Gasteiger partial charge in [-0.2, -0.15) is 0 Å². The normalized spacial score (nSPS) is 12.1. The Hall–Kier alpha value is -2.11. The number of aliphatic carboxylic acids is 1. The summed E-state index contributed by atoms with van der Waals surface area (Å²) in [6.07, 6.45) is 0. The third kappa shape index (κ3) is 11.0. The molecular formula is C28H42O8Si. The molecule has 0 aliphatic carbocycles. The lowest BCUT2D eigenvalue weighted by Crippen LogP contribution is -2.66. The Bertz CT molecular complexity index is 818. The molecule has 9 heteroatoms. The van der Waals surface area contributed by atoms with Crippen molar-refractivity contribution in [3.63, 3.8) is 0 Å². The van der Waals surface area contributed by atoms with Crippen molar-refractivity contribution in [2.24, 2.45) is 0 Å². The van der Waals surface area contributed by atoms with Gasteiger partial charge in [0.2, 0.25) is 0 Å². The minimum atomic E-state index is -2.53. The molecule has 0 saturated heterocycles. The van der Waals surface area contributed by atoms with E-state index in [9.17, 15) is 4.79 Å². The Morgan fingerprint density at radius 1 is 0.622 bits per heavy atom. The van der Waals surface area contributed by atoms with Crippen LogP contribution in [0.1, 0.15) is 20.8 Å². The molecule has 0 saturated carbocycles. The van der Waals surface area contributed by atoms with Gasteiger partial charge >= 0.3 is 5.97 Å².